The molecule has 0 radical (unpaired) electrons. The third-order valence-corrected chi connectivity index (χ3v) is 11.1. The Kier molecular flexibility index (Phi) is 8.98. The van der Waals surface area contributed by atoms with Gasteiger partial charge in [-0.15, -0.1) is 0 Å². The highest BCUT2D eigenvalue weighted by Gasteiger charge is 2.38. The van der Waals surface area contributed by atoms with Crippen LogP contribution in [0.1, 0.15) is 69.4 Å². The van der Waals surface area contributed by atoms with E-state index in [1.54, 1.807) is 26.3 Å². The smallest absolute Gasteiger partial charge is 0.343 e. The van der Waals surface area contributed by atoms with Gasteiger partial charge in [-0.1, -0.05) is 43.6 Å². The lowest BCUT2D eigenvalue weighted by molar-refractivity contribution is 0.0523. The third-order valence-electron chi connectivity index (χ3n) is 6.92. The van der Waals surface area contributed by atoms with E-state index in [1.165, 1.54) is 0 Å². The van der Waals surface area contributed by atoms with Gasteiger partial charge < -0.3 is 18.8 Å². The summed E-state index contributed by atoms with van der Waals surface area (Å²) in [5, 5.41) is 0.810. The van der Waals surface area contributed by atoms with Crippen LogP contribution < -0.4 is 10.2 Å². The summed E-state index contributed by atoms with van der Waals surface area (Å²) in [4.78, 5) is 36.8. The Morgan fingerprint density at radius 2 is 1.91 bits per heavy atom. The van der Waals surface area contributed by atoms with Crippen LogP contribution in [0.2, 0.25) is 18.1 Å². The van der Waals surface area contributed by atoms with E-state index in [4.69, 9.17) is 9.47 Å². The monoisotopic (exact) mass is 539 g/mol. The van der Waals surface area contributed by atoms with Crippen LogP contribution in [0.5, 0.6) is 5.75 Å². The minimum absolute atomic E-state index is 0.0106. The molecule has 2 rings (SSSR count). The predicted octanol–water partition coefficient (Wildman–Crippen LogP) is 6.04. The van der Waals surface area contributed by atoms with Crippen LogP contribution in [-0.2, 0) is 10.1 Å². The van der Waals surface area contributed by atoms with Gasteiger partial charge in [0.2, 0.25) is 5.43 Å². The summed E-state index contributed by atoms with van der Waals surface area (Å²) >= 11 is 3.47. The number of ether oxygens (including phenoxy) is 2. The summed E-state index contributed by atoms with van der Waals surface area (Å²) in [6, 6.07) is 3.69. The van der Waals surface area contributed by atoms with Gasteiger partial charge in [-0.05, 0) is 49.9 Å². The van der Waals surface area contributed by atoms with Crippen molar-refractivity contribution in [2.24, 2.45) is 5.92 Å². The number of nitrogens with zero attached hydrogens (tertiary/aromatic N) is 1. The number of rotatable bonds is 10. The maximum atomic E-state index is 13.3. The van der Waals surface area contributed by atoms with E-state index in [1.807, 2.05) is 23.7 Å². The molecule has 0 bridgehead atoms. The van der Waals surface area contributed by atoms with E-state index in [0.717, 1.165) is 23.9 Å². The molecule has 0 aliphatic heterocycles. The third kappa shape index (κ3) is 5.89. The van der Waals surface area contributed by atoms with Crippen LogP contribution in [0, 0.1) is 5.92 Å². The number of alkyl halides is 1. The Bertz CT molecular complexity index is 1060. The van der Waals surface area contributed by atoms with Gasteiger partial charge in [0.1, 0.15) is 11.3 Å². The highest BCUT2D eigenvalue weighted by Crippen LogP contribution is 2.43. The molecule has 1 N–H and O–H groups in total. The van der Waals surface area contributed by atoms with Gasteiger partial charge in [0.05, 0.1) is 19.2 Å². The first-order valence-electron chi connectivity index (χ1n) is 11.5. The first-order valence-corrected chi connectivity index (χ1v) is 15.6. The Morgan fingerprint density at radius 3 is 2.39 bits per heavy atom. The first-order chi connectivity index (χ1) is 15.3. The number of pyridine rings is 1. The zero-order valence-corrected chi connectivity index (χ0v) is 23.7. The minimum Gasteiger partial charge on any atom is -0.496 e. The van der Waals surface area contributed by atoms with Crippen molar-refractivity contribution in [1.82, 2.24) is 4.57 Å². The fraction of sp³-hybridized carbons (Fsp3) is 0.600. The van der Waals surface area contributed by atoms with E-state index in [9.17, 15) is 14.4 Å². The average molecular weight is 541 g/mol. The van der Waals surface area contributed by atoms with Crippen LogP contribution in [0.4, 0.5) is 0 Å². The summed E-state index contributed by atoms with van der Waals surface area (Å²) in [7, 11) is -0.765. The van der Waals surface area contributed by atoms with Crippen molar-refractivity contribution in [2.45, 2.75) is 77.0 Å². The summed E-state index contributed by atoms with van der Waals surface area (Å²) in [6.07, 6.45) is 3.27. The second-order valence-corrected chi connectivity index (χ2v) is 15.1. The van der Waals surface area contributed by atoms with Crippen molar-refractivity contribution in [1.29, 1.82) is 0 Å². The number of carbonyl (C=O) groups is 1. The van der Waals surface area contributed by atoms with Crippen LogP contribution in [0.3, 0.4) is 0 Å². The Balaban J connectivity index is 2.78. The van der Waals surface area contributed by atoms with Crippen molar-refractivity contribution in [3.05, 3.63) is 39.7 Å². The van der Waals surface area contributed by atoms with Crippen LogP contribution in [-0.4, -0.2) is 37.4 Å². The molecule has 0 spiro atoms. The van der Waals surface area contributed by atoms with Crippen molar-refractivity contribution in [3.8, 4) is 5.75 Å². The highest BCUT2D eigenvalue weighted by molar-refractivity contribution is 9.08. The van der Waals surface area contributed by atoms with Crippen molar-refractivity contribution in [2.75, 3.05) is 13.7 Å². The molecule has 33 heavy (non-hydrogen) atoms. The Morgan fingerprint density at radius 1 is 1.27 bits per heavy atom. The summed E-state index contributed by atoms with van der Waals surface area (Å²) in [5.41, 5.74) is 1.27. The van der Waals surface area contributed by atoms with E-state index in [0.29, 0.717) is 16.5 Å². The molecule has 6 nitrogen and oxygen atoms in total. The zero-order valence-electron chi connectivity index (χ0n) is 21.1. The molecule has 0 saturated heterocycles. The average Bonchev–Trinajstić information content (AvgIpc) is 2.73. The lowest BCUT2D eigenvalue weighted by Gasteiger charge is -2.37. The number of esters is 1. The molecular formula is C25H38BrNO5Si. The molecular weight excluding hydrogens is 502 g/mol. The van der Waals surface area contributed by atoms with Crippen LogP contribution in [0.25, 0.3) is 10.9 Å². The summed E-state index contributed by atoms with van der Waals surface area (Å²) < 4.78 is 12.8. The van der Waals surface area contributed by atoms with Crippen molar-refractivity contribution < 1.29 is 19.1 Å². The van der Waals surface area contributed by atoms with Gasteiger partial charge in [0.25, 0.3) is 0 Å². The molecule has 184 valence electrons. The number of benzene rings is 1. The number of hydrogen-bond donors (Lipinski definition) is 1. The van der Waals surface area contributed by atoms with E-state index >= 15 is 0 Å². The summed E-state index contributed by atoms with van der Waals surface area (Å²) in [6.45, 7) is 14.4. The number of hydrogen-bond acceptors (Lipinski definition) is 5. The quantitative estimate of drug-likeness (QED) is 0.226. The van der Waals surface area contributed by atoms with Gasteiger partial charge in [0.15, 0.2) is 8.32 Å². The molecule has 0 fully saturated rings. The molecule has 0 unspecified atom stereocenters. The van der Waals surface area contributed by atoms with Crippen molar-refractivity contribution in [3.63, 3.8) is 0 Å². The van der Waals surface area contributed by atoms with Gasteiger partial charge in [-0.25, -0.2) is 4.79 Å². The SMILES string of the molecule is CCOC(=O)c1cn([C@H](CCC(C)(C)[Si](C)(C)O)C(C)C)c2cc(OC)c(CBr)cc2c1=O. The second kappa shape index (κ2) is 10.7. The molecule has 0 amide bonds. The highest BCUT2D eigenvalue weighted by atomic mass is 79.9. The van der Waals surface area contributed by atoms with Crippen LogP contribution >= 0.6 is 15.9 Å². The molecule has 0 aliphatic carbocycles. The minimum atomic E-state index is -2.38. The largest absolute Gasteiger partial charge is 0.496 e. The maximum absolute atomic E-state index is 13.3. The fourth-order valence-corrected chi connectivity index (χ4v) is 5.15. The number of methoxy groups -OCH3 is 1. The maximum Gasteiger partial charge on any atom is 0.343 e. The van der Waals surface area contributed by atoms with E-state index in [2.05, 4.69) is 43.6 Å². The predicted molar refractivity (Wildman–Crippen MR) is 140 cm³/mol. The Labute approximate surface area is 206 Å². The normalized spacial score (nSPS) is 13.4. The van der Waals surface area contributed by atoms with Gasteiger partial charge >= 0.3 is 5.97 Å². The molecule has 1 aromatic carbocycles. The standard InChI is InChI=1S/C25H38BrNO5Si/c1-9-32-24(29)19-15-27(20(16(2)3)10-11-25(4,5)33(7,8)30)21-13-22(31-6)17(14-26)12-18(21)23(19)28/h12-13,15-16,20,30H,9-11,14H2,1-8H3/t20-/m1/s1. The molecule has 1 aromatic heterocycles. The number of carbonyl (C=O) groups excluding carboxylic acids is 1. The molecule has 1 heterocycles. The van der Waals surface area contributed by atoms with Crippen molar-refractivity contribution >= 4 is 41.1 Å². The lowest BCUT2D eigenvalue weighted by Crippen LogP contribution is -2.39. The number of aromatic nitrogens is 1. The van der Waals surface area contributed by atoms with Gasteiger partial charge in [-0.2, -0.15) is 0 Å². The topological polar surface area (TPSA) is 77.8 Å². The molecule has 0 saturated carbocycles. The molecule has 1 atom stereocenters. The lowest BCUT2D eigenvalue weighted by atomic mass is 9.93. The van der Waals surface area contributed by atoms with Gasteiger partial charge in [-0.3, -0.25) is 4.79 Å². The molecule has 2 aromatic rings. The Hall–Kier alpha value is -1.64. The van der Waals surface area contributed by atoms with Crippen LogP contribution in [0.15, 0.2) is 23.1 Å². The van der Waals surface area contributed by atoms with Gasteiger partial charge in [0, 0.05) is 34.6 Å². The summed E-state index contributed by atoms with van der Waals surface area (Å²) in [5.74, 6) is 0.302. The fourth-order valence-electron chi connectivity index (χ4n) is 3.95. The number of fused-ring (bicyclic) bond motifs is 1. The van der Waals surface area contributed by atoms with E-state index in [-0.39, 0.29) is 34.6 Å². The molecule has 0 aliphatic rings. The second-order valence-electron chi connectivity index (χ2n) is 10.1. The van der Waals surface area contributed by atoms with E-state index < -0.39 is 14.3 Å². The molecule has 8 heteroatoms. The zero-order chi connectivity index (χ0) is 25.1. The number of halogens is 1. The first kappa shape index (κ1) is 27.6.